The second kappa shape index (κ2) is 9.09. The molecule has 1 aliphatic rings. The lowest BCUT2D eigenvalue weighted by atomic mass is 10.1. The topological polar surface area (TPSA) is 49.4 Å². The van der Waals surface area contributed by atoms with Gasteiger partial charge in [0.15, 0.2) is 0 Å². The fraction of sp³-hybridized carbons (Fsp3) is 0.150. The van der Waals surface area contributed by atoms with E-state index in [4.69, 9.17) is 35.4 Å². The fourth-order valence-electron chi connectivity index (χ4n) is 2.57. The van der Waals surface area contributed by atoms with E-state index in [9.17, 15) is 9.59 Å². The number of thioether (sulfide) groups is 1. The van der Waals surface area contributed by atoms with Crippen molar-refractivity contribution in [1.82, 2.24) is 4.90 Å². The molecule has 8 heteroatoms. The van der Waals surface area contributed by atoms with Crippen LogP contribution in [0.3, 0.4) is 0 Å². The minimum absolute atomic E-state index is 0.106. The average molecular weight is 451 g/mol. The van der Waals surface area contributed by atoms with Crippen molar-refractivity contribution in [2.75, 3.05) is 11.9 Å². The normalized spacial score (nSPS) is 15.4. The molecule has 1 fully saturated rings. The Kier molecular flexibility index (Phi) is 6.78. The van der Waals surface area contributed by atoms with E-state index in [2.05, 4.69) is 5.32 Å². The van der Waals surface area contributed by atoms with Gasteiger partial charge >= 0.3 is 0 Å². The summed E-state index contributed by atoms with van der Waals surface area (Å²) >= 11 is 18.4. The maximum Gasteiger partial charge on any atom is 0.266 e. The summed E-state index contributed by atoms with van der Waals surface area (Å²) in [6.07, 6.45) is 1.92. The van der Waals surface area contributed by atoms with Gasteiger partial charge in [-0.2, -0.15) is 0 Å². The van der Waals surface area contributed by atoms with E-state index >= 15 is 0 Å². The van der Waals surface area contributed by atoms with Crippen LogP contribution in [-0.4, -0.2) is 27.6 Å². The molecule has 0 bridgehead atoms. The van der Waals surface area contributed by atoms with Crippen molar-refractivity contribution in [2.45, 2.75) is 13.3 Å². The molecule has 4 nitrogen and oxygen atoms in total. The first-order valence-electron chi connectivity index (χ1n) is 8.40. The van der Waals surface area contributed by atoms with E-state index in [0.29, 0.717) is 25.0 Å². The molecule has 1 saturated heterocycles. The molecule has 1 aliphatic heterocycles. The molecule has 3 rings (SSSR count). The third-order valence-corrected chi connectivity index (χ3v) is 5.77. The molecule has 28 heavy (non-hydrogen) atoms. The highest BCUT2D eigenvalue weighted by Crippen LogP contribution is 2.32. The van der Waals surface area contributed by atoms with Crippen LogP contribution in [0.25, 0.3) is 6.08 Å². The van der Waals surface area contributed by atoms with Crippen LogP contribution >= 0.6 is 47.2 Å². The largest absolute Gasteiger partial charge is 0.326 e. The van der Waals surface area contributed by atoms with Crippen LogP contribution in [0.2, 0.25) is 10.0 Å². The Morgan fingerprint density at radius 2 is 1.82 bits per heavy atom. The number of rotatable bonds is 5. The molecular weight excluding hydrogens is 435 g/mol. The van der Waals surface area contributed by atoms with Crippen molar-refractivity contribution in [3.8, 4) is 0 Å². The number of anilines is 1. The average Bonchev–Trinajstić information content (AvgIpc) is 2.87. The lowest BCUT2D eigenvalue weighted by Gasteiger charge is -2.14. The van der Waals surface area contributed by atoms with Gasteiger partial charge < -0.3 is 5.32 Å². The first-order valence-corrected chi connectivity index (χ1v) is 10.4. The Morgan fingerprint density at radius 3 is 2.46 bits per heavy atom. The maximum atomic E-state index is 12.6. The lowest BCUT2D eigenvalue weighted by molar-refractivity contribution is -0.122. The van der Waals surface area contributed by atoms with E-state index in [-0.39, 0.29) is 24.8 Å². The Labute approximate surface area is 182 Å². The lowest BCUT2D eigenvalue weighted by Crippen LogP contribution is -2.31. The predicted octanol–water partition coefficient (Wildman–Crippen LogP) is 5.53. The van der Waals surface area contributed by atoms with Gasteiger partial charge in [-0.3, -0.25) is 14.5 Å². The first-order chi connectivity index (χ1) is 13.3. The van der Waals surface area contributed by atoms with Crippen LogP contribution in [-0.2, 0) is 9.59 Å². The Hall–Kier alpha value is -1.86. The number of thiocarbonyl (C=S) groups is 1. The number of amides is 2. The van der Waals surface area contributed by atoms with Crippen LogP contribution in [0.1, 0.15) is 17.5 Å². The number of hydrogen-bond acceptors (Lipinski definition) is 4. The van der Waals surface area contributed by atoms with E-state index < -0.39 is 0 Å². The van der Waals surface area contributed by atoms with Crippen molar-refractivity contribution < 1.29 is 9.59 Å². The van der Waals surface area contributed by atoms with Crippen molar-refractivity contribution in [3.63, 3.8) is 0 Å². The second-order valence-electron chi connectivity index (χ2n) is 6.20. The Balaban J connectivity index is 1.61. The molecule has 0 saturated carbocycles. The van der Waals surface area contributed by atoms with E-state index in [1.54, 1.807) is 18.2 Å². The number of aryl methyl sites for hydroxylation is 1. The molecule has 0 aliphatic carbocycles. The van der Waals surface area contributed by atoms with Gasteiger partial charge in [-0.25, -0.2) is 0 Å². The van der Waals surface area contributed by atoms with Crippen LogP contribution in [0, 0.1) is 6.92 Å². The van der Waals surface area contributed by atoms with Gasteiger partial charge in [-0.05, 0) is 36.8 Å². The summed E-state index contributed by atoms with van der Waals surface area (Å²) in [6, 6.07) is 12.7. The highest BCUT2D eigenvalue weighted by Gasteiger charge is 2.32. The zero-order valence-corrected chi connectivity index (χ0v) is 18.0. The minimum atomic E-state index is -0.255. The number of carbonyl (C=O) groups is 2. The van der Waals surface area contributed by atoms with E-state index in [1.807, 2.05) is 37.3 Å². The summed E-state index contributed by atoms with van der Waals surface area (Å²) in [6.45, 7) is 2.21. The number of hydrogen-bond donors (Lipinski definition) is 1. The highest BCUT2D eigenvalue weighted by molar-refractivity contribution is 8.26. The van der Waals surface area contributed by atoms with Crippen molar-refractivity contribution in [3.05, 3.63) is 68.5 Å². The van der Waals surface area contributed by atoms with Gasteiger partial charge in [0.1, 0.15) is 4.32 Å². The van der Waals surface area contributed by atoms with Crippen LogP contribution in [0.15, 0.2) is 47.4 Å². The molecule has 0 radical (unpaired) electrons. The minimum Gasteiger partial charge on any atom is -0.326 e. The standard InChI is InChI=1S/C20H16Cl2N2O2S2/c1-12-2-4-13(5-3-12)8-17-19(26)24(20(27)28-17)7-6-18(25)23-16-10-14(21)9-15(22)11-16/h2-5,8-11H,6-7H2,1H3,(H,23,25)/b17-8-. The summed E-state index contributed by atoms with van der Waals surface area (Å²) in [7, 11) is 0. The molecular formula is C20H16Cl2N2O2S2. The SMILES string of the molecule is Cc1ccc(/C=C2\SC(=S)N(CCC(=O)Nc3cc(Cl)cc(Cl)c3)C2=O)cc1. The van der Waals surface area contributed by atoms with Gasteiger partial charge in [-0.1, -0.05) is 77.0 Å². The molecule has 2 amide bonds. The highest BCUT2D eigenvalue weighted by atomic mass is 35.5. The molecule has 0 atom stereocenters. The van der Waals surface area contributed by atoms with Gasteiger partial charge in [-0.15, -0.1) is 0 Å². The fourth-order valence-corrected chi connectivity index (χ4v) is 4.40. The van der Waals surface area contributed by atoms with Crippen molar-refractivity contribution >= 4 is 75.1 Å². The Bertz CT molecular complexity index is 954. The zero-order valence-electron chi connectivity index (χ0n) is 14.9. The third kappa shape index (κ3) is 5.35. The quantitative estimate of drug-likeness (QED) is 0.480. The Morgan fingerprint density at radius 1 is 1.18 bits per heavy atom. The summed E-state index contributed by atoms with van der Waals surface area (Å²) in [4.78, 5) is 26.8. The molecule has 2 aromatic rings. The zero-order chi connectivity index (χ0) is 20.3. The predicted molar refractivity (Wildman–Crippen MR) is 121 cm³/mol. The maximum absolute atomic E-state index is 12.6. The molecule has 2 aromatic carbocycles. The molecule has 1 heterocycles. The number of nitrogens with zero attached hydrogens (tertiary/aromatic N) is 1. The monoisotopic (exact) mass is 450 g/mol. The van der Waals surface area contributed by atoms with Crippen molar-refractivity contribution in [1.29, 1.82) is 0 Å². The second-order valence-corrected chi connectivity index (χ2v) is 8.75. The van der Waals surface area contributed by atoms with Gasteiger partial charge in [0, 0.05) is 28.7 Å². The van der Waals surface area contributed by atoms with Crippen molar-refractivity contribution in [2.24, 2.45) is 0 Å². The number of halogens is 2. The van der Waals surface area contributed by atoms with Gasteiger partial charge in [0.05, 0.1) is 4.91 Å². The smallest absolute Gasteiger partial charge is 0.266 e. The van der Waals surface area contributed by atoms with Crippen LogP contribution in [0.5, 0.6) is 0 Å². The van der Waals surface area contributed by atoms with Crippen LogP contribution < -0.4 is 5.32 Å². The summed E-state index contributed by atoms with van der Waals surface area (Å²) < 4.78 is 0.446. The molecule has 0 spiro atoms. The van der Waals surface area contributed by atoms with Gasteiger partial charge in [0.2, 0.25) is 5.91 Å². The van der Waals surface area contributed by atoms with E-state index in [1.165, 1.54) is 16.7 Å². The van der Waals surface area contributed by atoms with E-state index in [0.717, 1.165) is 11.1 Å². The number of nitrogens with one attached hydrogen (secondary N) is 1. The number of benzene rings is 2. The van der Waals surface area contributed by atoms with Gasteiger partial charge in [0.25, 0.3) is 5.91 Å². The molecule has 144 valence electrons. The first kappa shape index (κ1) is 20.9. The molecule has 0 unspecified atom stereocenters. The third-order valence-electron chi connectivity index (χ3n) is 3.96. The summed E-state index contributed by atoms with van der Waals surface area (Å²) in [5.74, 6) is -0.441. The summed E-state index contributed by atoms with van der Waals surface area (Å²) in [5, 5.41) is 3.59. The van der Waals surface area contributed by atoms with Crippen LogP contribution in [0.4, 0.5) is 5.69 Å². The molecule has 1 N–H and O–H groups in total. The summed E-state index contributed by atoms with van der Waals surface area (Å²) in [5.41, 5.74) is 2.59. The number of carbonyl (C=O) groups excluding carboxylic acids is 2. The molecule has 0 aromatic heterocycles.